The van der Waals surface area contributed by atoms with Crippen molar-refractivity contribution >= 4 is 39.8 Å². The first kappa shape index (κ1) is 21.8. The predicted octanol–water partition coefficient (Wildman–Crippen LogP) is 4.89. The van der Waals surface area contributed by atoms with Crippen LogP contribution in [0.15, 0.2) is 67.0 Å². The van der Waals surface area contributed by atoms with Gasteiger partial charge in [-0.1, -0.05) is 18.2 Å². The summed E-state index contributed by atoms with van der Waals surface area (Å²) in [5.74, 6) is 0.619. The Labute approximate surface area is 204 Å². The Morgan fingerprint density at radius 2 is 1.97 bits per heavy atom. The van der Waals surface area contributed by atoms with E-state index in [1.54, 1.807) is 12.4 Å². The van der Waals surface area contributed by atoms with Crippen LogP contribution in [0.25, 0.3) is 10.9 Å². The standard InChI is InChI=1S/C27H29N7O/c1-33-14-10-22(11-15-33)34(16-12-19-5-2-3-7-25(19)34)27(35)31-23-6-4-13-28-26(23)30-21-9-8-20-18-29-32-24(20)17-21/h2-9,13,17-18,22H,10-12,14-16H2,1H3,(H2-,28,29,30,31,32,35)/p+1. The summed E-state index contributed by atoms with van der Waals surface area (Å²) in [5, 5.41) is 14.8. The van der Waals surface area contributed by atoms with E-state index < -0.39 is 0 Å². The fraction of sp³-hybridized carbons (Fsp3) is 0.296. The highest BCUT2D eigenvalue weighted by molar-refractivity contribution is 6.01. The molecule has 2 aliphatic rings. The zero-order valence-corrected chi connectivity index (χ0v) is 19.9. The first-order chi connectivity index (χ1) is 17.1. The lowest BCUT2D eigenvalue weighted by atomic mass is 10.00. The zero-order valence-electron chi connectivity index (χ0n) is 19.9. The highest BCUT2D eigenvalue weighted by Gasteiger charge is 2.51. The molecule has 2 aliphatic heterocycles. The third kappa shape index (κ3) is 3.84. The highest BCUT2D eigenvalue weighted by atomic mass is 16.2. The number of fused-ring (bicyclic) bond motifs is 2. The van der Waals surface area contributed by atoms with Crippen LogP contribution in [0, 0.1) is 0 Å². The van der Waals surface area contributed by atoms with Crippen LogP contribution in [0.1, 0.15) is 18.4 Å². The molecule has 2 aromatic carbocycles. The number of nitrogens with one attached hydrogen (secondary N) is 3. The molecule has 8 heteroatoms. The van der Waals surface area contributed by atoms with Crippen molar-refractivity contribution in [2.24, 2.45) is 0 Å². The number of aromatic amines is 1. The van der Waals surface area contributed by atoms with Crippen LogP contribution in [-0.2, 0) is 6.42 Å². The summed E-state index contributed by atoms with van der Waals surface area (Å²) in [5.41, 5.74) is 4.91. The Morgan fingerprint density at radius 3 is 2.86 bits per heavy atom. The van der Waals surface area contributed by atoms with Gasteiger partial charge in [0.15, 0.2) is 5.82 Å². The van der Waals surface area contributed by atoms with E-state index in [1.165, 1.54) is 5.56 Å². The molecule has 0 spiro atoms. The Hall–Kier alpha value is -3.75. The van der Waals surface area contributed by atoms with E-state index in [4.69, 9.17) is 0 Å². The maximum atomic E-state index is 14.2. The molecule has 4 aromatic rings. The number of H-pyrrole nitrogens is 1. The minimum Gasteiger partial charge on any atom is -0.338 e. The van der Waals surface area contributed by atoms with Crippen LogP contribution in [0.2, 0.25) is 0 Å². The van der Waals surface area contributed by atoms with Gasteiger partial charge in [0.25, 0.3) is 0 Å². The lowest BCUT2D eigenvalue weighted by molar-refractivity contribution is 0.147. The van der Waals surface area contributed by atoms with Crippen LogP contribution in [-0.4, -0.2) is 58.8 Å². The molecule has 8 nitrogen and oxygen atoms in total. The lowest BCUT2D eigenvalue weighted by Gasteiger charge is -2.42. The number of hydrogen-bond acceptors (Lipinski definition) is 5. The number of benzene rings is 2. The number of rotatable bonds is 4. The molecule has 0 saturated carbocycles. The molecule has 0 bridgehead atoms. The van der Waals surface area contributed by atoms with Crippen LogP contribution in [0.4, 0.5) is 27.7 Å². The van der Waals surface area contributed by atoms with E-state index in [2.05, 4.69) is 62.0 Å². The number of amides is 2. The Kier molecular flexibility index (Phi) is 5.47. The summed E-state index contributed by atoms with van der Waals surface area (Å²) in [7, 11) is 2.16. The Morgan fingerprint density at radius 1 is 1.11 bits per heavy atom. The van der Waals surface area contributed by atoms with Gasteiger partial charge in [-0.15, -0.1) is 0 Å². The third-order valence-electron chi connectivity index (χ3n) is 7.58. The monoisotopic (exact) mass is 468 g/mol. The number of urea groups is 1. The van der Waals surface area contributed by atoms with E-state index in [1.807, 2.05) is 30.3 Å². The van der Waals surface area contributed by atoms with Crippen LogP contribution in [0.3, 0.4) is 0 Å². The van der Waals surface area contributed by atoms with Gasteiger partial charge >= 0.3 is 6.03 Å². The van der Waals surface area contributed by atoms with Gasteiger partial charge in [-0.3, -0.25) is 10.4 Å². The number of anilines is 3. The van der Waals surface area contributed by atoms with E-state index >= 15 is 0 Å². The van der Waals surface area contributed by atoms with Gasteiger partial charge in [-0.05, 0) is 43.4 Å². The topological polar surface area (TPSA) is 85.9 Å². The fourth-order valence-electron chi connectivity index (χ4n) is 5.69. The largest absolute Gasteiger partial charge is 0.426 e. The summed E-state index contributed by atoms with van der Waals surface area (Å²) in [6.07, 6.45) is 6.45. The summed E-state index contributed by atoms with van der Waals surface area (Å²) in [4.78, 5) is 21.1. The van der Waals surface area contributed by atoms with E-state index in [-0.39, 0.29) is 12.1 Å². The number of piperidine rings is 1. The van der Waals surface area contributed by atoms with Crippen molar-refractivity contribution in [2.45, 2.75) is 25.3 Å². The molecule has 1 saturated heterocycles. The average molecular weight is 469 g/mol. The average Bonchev–Trinajstić information content (AvgIpc) is 3.51. The van der Waals surface area contributed by atoms with E-state index in [0.29, 0.717) is 16.0 Å². The van der Waals surface area contributed by atoms with Crippen molar-refractivity contribution in [1.82, 2.24) is 24.6 Å². The quantitative estimate of drug-likeness (QED) is 0.371. The number of para-hydroxylation sites is 1. The Bertz CT molecular complexity index is 1370. The summed E-state index contributed by atoms with van der Waals surface area (Å²) < 4.78 is 0.360. The van der Waals surface area contributed by atoms with Gasteiger partial charge in [0.2, 0.25) is 0 Å². The number of aromatic nitrogens is 3. The second-order valence-corrected chi connectivity index (χ2v) is 9.63. The number of carbonyl (C=O) groups is 1. The van der Waals surface area contributed by atoms with Gasteiger partial charge in [0, 0.05) is 55.2 Å². The third-order valence-corrected chi connectivity index (χ3v) is 7.58. The van der Waals surface area contributed by atoms with Gasteiger partial charge in [-0.25, -0.2) is 14.3 Å². The van der Waals surface area contributed by atoms with Gasteiger partial charge < -0.3 is 10.2 Å². The van der Waals surface area contributed by atoms with Crippen LogP contribution < -0.4 is 15.1 Å². The molecule has 178 valence electrons. The second kappa shape index (κ2) is 8.79. The summed E-state index contributed by atoms with van der Waals surface area (Å²) in [6, 6.07) is 18.5. The first-order valence-corrected chi connectivity index (χ1v) is 12.2. The highest BCUT2D eigenvalue weighted by Crippen LogP contribution is 2.41. The van der Waals surface area contributed by atoms with Gasteiger partial charge in [-0.2, -0.15) is 5.10 Å². The van der Waals surface area contributed by atoms with E-state index in [0.717, 1.165) is 61.2 Å². The maximum Gasteiger partial charge on any atom is 0.426 e. The molecule has 3 N–H and O–H groups in total. The SMILES string of the molecule is CN1CCC([N+]2(C(=O)Nc3cccnc3Nc3ccc4cn[nH]c4c3)CCc3ccccc32)CC1. The minimum absolute atomic E-state index is 0.0181. The van der Waals surface area contributed by atoms with Crippen molar-refractivity contribution in [1.29, 1.82) is 0 Å². The van der Waals surface area contributed by atoms with E-state index in [9.17, 15) is 4.79 Å². The molecular formula is C27H30N7O+. The molecule has 2 amide bonds. The molecule has 4 heterocycles. The molecule has 1 atom stereocenters. The number of nitrogens with zero attached hydrogens (tertiary/aromatic N) is 4. The number of carbonyl (C=O) groups excluding carboxylic acids is 1. The van der Waals surface area contributed by atoms with Crippen molar-refractivity contribution in [3.8, 4) is 0 Å². The van der Waals surface area contributed by atoms with Crippen molar-refractivity contribution < 1.29 is 4.79 Å². The van der Waals surface area contributed by atoms with Crippen molar-refractivity contribution in [3.05, 3.63) is 72.6 Å². The lowest BCUT2D eigenvalue weighted by Crippen LogP contribution is -2.63. The van der Waals surface area contributed by atoms with Crippen molar-refractivity contribution in [3.63, 3.8) is 0 Å². The number of quaternary nitrogens is 1. The minimum atomic E-state index is 0.0181. The molecule has 0 radical (unpaired) electrons. The smallest absolute Gasteiger partial charge is 0.338 e. The summed E-state index contributed by atoms with van der Waals surface area (Å²) >= 11 is 0. The molecular weight excluding hydrogens is 438 g/mol. The van der Waals surface area contributed by atoms with Gasteiger partial charge in [0.05, 0.1) is 23.9 Å². The van der Waals surface area contributed by atoms with Crippen LogP contribution in [0.5, 0.6) is 0 Å². The summed E-state index contributed by atoms with van der Waals surface area (Å²) in [6.45, 7) is 2.81. The molecule has 0 aliphatic carbocycles. The first-order valence-electron chi connectivity index (χ1n) is 12.2. The molecule has 1 fully saturated rings. The van der Waals surface area contributed by atoms with Crippen molar-refractivity contribution in [2.75, 3.05) is 37.3 Å². The number of hydrogen-bond donors (Lipinski definition) is 3. The normalized spacial score (nSPS) is 20.6. The Balaban J connectivity index is 1.32. The fourth-order valence-corrected chi connectivity index (χ4v) is 5.69. The number of pyridine rings is 1. The molecule has 6 rings (SSSR count). The molecule has 35 heavy (non-hydrogen) atoms. The maximum absolute atomic E-state index is 14.2. The van der Waals surface area contributed by atoms with Crippen LogP contribution >= 0.6 is 0 Å². The number of likely N-dealkylation sites (tertiary alicyclic amines) is 1. The van der Waals surface area contributed by atoms with Gasteiger partial charge in [0.1, 0.15) is 11.7 Å². The predicted molar refractivity (Wildman–Crippen MR) is 140 cm³/mol. The zero-order chi connectivity index (χ0) is 23.8. The molecule has 2 aromatic heterocycles. The second-order valence-electron chi connectivity index (χ2n) is 9.63. The molecule has 1 unspecified atom stereocenters.